The largest absolute Gasteiger partial charge is 0.445 e. The van der Waals surface area contributed by atoms with Crippen LogP contribution in [0.3, 0.4) is 0 Å². The molecule has 0 saturated carbocycles. The molecule has 0 aliphatic heterocycles. The second-order valence-corrected chi connectivity index (χ2v) is 6.27. The van der Waals surface area contributed by atoms with Gasteiger partial charge in [-0.2, -0.15) is 0 Å². The van der Waals surface area contributed by atoms with Gasteiger partial charge in [0.2, 0.25) is 0 Å². The standard InChI is InChI=1S/C19H21N3O3/c1-19(13-23,12-22-14-20-16-9-5-6-10-17(16)22)21-18(24)25-11-15-7-3-2-4-8-15/h2-10,14,23H,11-13H2,1H3,(H,21,24). The van der Waals surface area contributed by atoms with Crippen LogP contribution < -0.4 is 5.32 Å². The third kappa shape index (κ3) is 4.16. The Bertz CT molecular complexity index is 847. The molecule has 0 saturated heterocycles. The van der Waals surface area contributed by atoms with Gasteiger partial charge in [0.1, 0.15) is 6.61 Å². The minimum atomic E-state index is -0.864. The average Bonchev–Trinajstić information content (AvgIpc) is 3.04. The fourth-order valence-electron chi connectivity index (χ4n) is 2.65. The predicted molar refractivity (Wildman–Crippen MR) is 95.0 cm³/mol. The number of rotatable bonds is 6. The SMILES string of the molecule is CC(CO)(Cn1cnc2ccccc21)NC(=O)OCc1ccccc1. The number of nitrogens with one attached hydrogen (secondary N) is 1. The summed E-state index contributed by atoms with van der Waals surface area (Å²) in [5.41, 5.74) is 1.86. The zero-order valence-electron chi connectivity index (χ0n) is 14.1. The first-order valence-electron chi connectivity index (χ1n) is 8.09. The Kier molecular flexibility index (Phi) is 5.00. The number of para-hydroxylation sites is 2. The van der Waals surface area contributed by atoms with Crippen molar-refractivity contribution in [3.63, 3.8) is 0 Å². The summed E-state index contributed by atoms with van der Waals surface area (Å²) in [6.45, 7) is 2.11. The molecule has 3 rings (SSSR count). The maximum absolute atomic E-state index is 12.1. The quantitative estimate of drug-likeness (QED) is 0.724. The smallest absolute Gasteiger partial charge is 0.408 e. The fourth-order valence-corrected chi connectivity index (χ4v) is 2.65. The van der Waals surface area contributed by atoms with Gasteiger partial charge in [0.15, 0.2) is 0 Å². The van der Waals surface area contributed by atoms with E-state index in [1.165, 1.54) is 0 Å². The molecule has 0 bridgehead atoms. The predicted octanol–water partition coefficient (Wildman–Crippen LogP) is 2.71. The van der Waals surface area contributed by atoms with E-state index in [1.807, 2.05) is 59.2 Å². The van der Waals surface area contributed by atoms with Crippen LogP contribution in [-0.2, 0) is 17.9 Å². The number of fused-ring (bicyclic) bond motifs is 1. The lowest BCUT2D eigenvalue weighted by molar-refractivity contribution is 0.106. The molecule has 130 valence electrons. The molecule has 0 aliphatic carbocycles. The molecule has 1 unspecified atom stereocenters. The molecular weight excluding hydrogens is 318 g/mol. The number of ether oxygens (including phenoxy) is 1. The molecular formula is C19H21N3O3. The van der Waals surface area contributed by atoms with Crippen molar-refractivity contribution in [2.45, 2.75) is 25.6 Å². The Morgan fingerprint density at radius 3 is 2.68 bits per heavy atom. The fraction of sp³-hybridized carbons (Fsp3) is 0.263. The number of hydrogen-bond acceptors (Lipinski definition) is 4. The van der Waals surface area contributed by atoms with Gasteiger partial charge in [-0.15, -0.1) is 0 Å². The highest BCUT2D eigenvalue weighted by molar-refractivity contribution is 5.75. The minimum Gasteiger partial charge on any atom is -0.445 e. The molecule has 2 aromatic carbocycles. The minimum absolute atomic E-state index is 0.183. The molecule has 25 heavy (non-hydrogen) atoms. The molecule has 0 radical (unpaired) electrons. The number of aliphatic hydroxyl groups excluding tert-OH is 1. The number of aliphatic hydroxyl groups is 1. The molecule has 1 amide bonds. The first-order valence-corrected chi connectivity index (χ1v) is 8.09. The van der Waals surface area contributed by atoms with E-state index in [-0.39, 0.29) is 13.2 Å². The van der Waals surface area contributed by atoms with Crippen molar-refractivity contribution in [2.75, 3.05) is 6.61 Å². The van der Waals surface area contributed by atoms with E-state index in [4.69, 9.17) is 4.74 Å². The van der Waals surface area contributed by atoms with E-state index < -0.39 is 11.6 Å². The molecule has 0 spiro atoms. The number of aromatic nitrogens is 2. The number of hydrogen-bond donors (Lipinski definition) is 2. The van der Waals surface area contributed by atoms with Crippen molar-refractivity contribution in [1.82, 2.24) is 14.9 Å². The highest BCUT2D eigenvalue weighted by Crippen LogP contribution is 2.16. The number of nitrogens with zero attached hydrogens (tertiary/aromatic N) is 2. The Hall–Kier alpha value is -2.86. The van der Waals surface area contributed by atoms with Crippen LogP contribution in [0.25, 0.3) is 11.0 Å². The third-order valence-electron chi connectivity index (χ3n) is 4.01. The van der Waals surface area contributed by atoms with E-state index in [1.54, 1.807) is 13.3 Å². The Morgan fingerprint density at radius 2 is 1.92 bits per heavy atom. The molecule has 6 heteroatoms. The van der Waals surface area contributed by atoms with Gasteiger partial charge in [-0.3, -0.25) is 0 Å². The van der Waals surface area contributed by atoms with Gasteiger partial charge in [-0.1, -0.05) is 42.5 Å². The van der Waals surface area contributed by atoms with Crippen molar-refractivity contribution in [1.29, 1.82) is 0 Å². The summed E-state index contributed by atoms with van der Waals surface area (Å²) < 4.78 is 7.15. The summed E-state index contributed by atoms with van der Waals surface area (Å²) in [6, 6.07) is 17.2. The first kappa shape index (κ1) is 17.0. The van der Waals surface area contributed by atoms with Crippen molar-refractivity contribution < 1.29 is 14.6 Å². The summed E-state index contributed by atoms with van der Waals surface area (Å²) in [5, 5.41) is 12.5. The Morgan fingerprint density at radius 1 is 1.20 bits per heavy atom. The van der Waals surface area contributed by atoms with Crippen LogP contribution in [0.2, 0.25) is 0 Å². The molecule has 1 heterocycles. The molecule has 3 aromatic rings. The number of alkyl carbamates (subject to hydrolysis) is 1. The maximum Gasteiger partial charge on any atom is 0.408 e. The summed E-state index contributed by atoms with van der Waals surface area (Å²) >= 11 is 0. The number of amides is 1. The van der Waals surface area contributed by atoms with Crippen LogP contribution in [0.1, 0.15) is 12.5 Å². The van der Waals surface area contributed by atoms with Crippen LogP contribution >= 0.6 is 0 Å². The maximum atomic E-state index is 12.1. The molecule has 0 fully saturated rings. The van der Waals surface area contributed by atoms with Crippen LogP contribution in [0.15, 0.2) is 60.9 Å². The van der Waals surface area contributed by atoms with Gasteiger partial charge in [-0.25, -0.2) is 9.78 Å². The van der Waals surface area contributed by atoms with Crippen molar-refractivity contribution in [3.05, 3.63) is 66.5 Å². The molecule has 6 nitrogen and oxygen atoms in total. The number of carbonyl (C=O) groups excluding carboxylic acids is 1. The van der Waals surface area contributed by atoms with Crippen LogP contribution in [0.4, 0.5) is 4.79 Å². The molecule has 0 aliphatic rings. The summed E-state index contributed by atoms with van der Waals surface area (Å²) in [5.74, 6) is 0. The first-order chi connectivity index (χ1) is 12.1. The van der Waals surface area contributed by atoms with E-state index in [9.17, 15) is 9.90 Å². The van der Waals surface area contributed by atoms with E-state index in [2.05, 4.69) is 10.3 Å². The zero-order valence-corrected chi connectivity index (χ0v) is 14.1. The third-order valence-corrected chi connectivity index (χ3v) is 4.01. The van der Waals surface area contributed by atoms with Gasteiger partial charge in [0, 0.05) is 6.54 Å². The molecule has 1 aromatic heterocycles. The second kappa shape index (κ2) is 7.36. The van der Waals surface area contributed by atoms with Crippen LogP contribution in [-0.4, -0.2) is 32.9 Å². The highest BCUT2D eigenvalue weighted by atomic mass is 16.5. The van der Waals surface area contributed by atoms with Gasteiger partial charge < -0.3 is 19.7 Å². The topological polar surface area (TPSA) is 76.4 Å². The van der Waals surface area contributed by atoms with E-state index >= 15 is 0 Å². The lowest BCUT2D eigenvalue weighted by Crippen LogP contribution is -2.51. The lowest BCUT2D eigenvalue weighted by atomic mass is 10.0. The monoisotopic (exact) mass is 339 g/mol. The number of benzene rings is 2. The van der Waals surface area contributed by atoms with Gasteiger partial charge in [0.25, 0.3) is 0 Å². The van der Waals surface area contributed by atoms with Crippen molar-refractivity contribution >= 4 is 17.1 Å². The number of imidazole rings is 1. The summed E-state index contributed by atoms with van der Waals surface area (Å²) in [4.78, 5) is 16.4. The van der Waals surface area contributed by atoms with E-state index in [0.29, 0.717) is 6.54 Å². The molecule has 1 atom stereocenters. The highest BCUT2D eigenvalue weighted by Gasteiger charge is 2.27. The average molecular weight is 339 g/mol. The van der Waals surface area contributed by atoms with Crippen molar-refractivity contribution in [2.24, 2.45) is 0 Å². The zero-order chi connectivity index (χ0) is 17.7. The number of carbonyl (C=O) groups is 1. The Labute approximate surface area is 146 Å². The second-order valence-electron chi connectivity index (χ2n) is 6.27. The summed E-state index contributed by atoms with van der Waals surface area (Å²) in [7, 11) is 0. The van der Waals surface area contributed by atoms with Gasteiger partial charge in [-0.05, 0) is 24.6 Å². The van der Waals surface area contributed by atoms with Crippen LogP contribution in [0.5, 0.6) is 0 Å². The molecule has 2 N–H and O–H groups in total. The van der Waals surface area contributed by atoms with Crippen LogP contribution in [0, 0.1) is 0 Å². The summed E-state index contributed by atoms with van der Waals surface area (Å²) in [6.07, 6.45) is 1.14. The normalized spacial score (nSPS) is 13.4. The van der Waals surface area contributed by atoms with E-state index in [0.717, 1.165) is 16.6 Å². The van der Waals surface area contributed by atoms with Gasteiger partial charge in [0.05, 0.1) is 29.5 Å². The van der Waals surface area contributed by atoms with Crippen molar-refractivity contribution in [3.8, 4) is 0 Å². The lowest BCUT2D eigenvalue weighted by Gasteiger charge is -2.28. The Balaban J connectivity index is 1.64. The van der Waals surface area contributed by atoms with Gasteiger partial charge >= 0.3 is 6.09 Å².